The van der Waals surface area contributed by atoms with Crippen LogP contribution in [-0.4, -0.2) is 54.3 Å². The molecule has 7 heteroatoms. The molecule has 0 radical (unpaired) electrons. The van der Waals surface area contributed by atoms with Gasteiger partial charge >= 0.3 is 0 Å². The van der Waals surface area contributed by atoms with Gasteiger partial charge < -0.3 is 9.80 Å². The van der Waals surface area contributed by atoms with Crippen LogP contribution >= 0.6 is 0 Å². The number of aromatic nitrogens is 1. The minimum absolute atomic E-state index is 0.108. The van der Waals surface area contributed by atoms with Gasteiger partial charge in [-0.2, -0.15) is 0 Å². The van der Waals surface area contributed by atoms with Crippen molar-refractivity contribution in [3.05, 3.63) is 23.9 Å². The molecule has 2 rings (SSSR count). The molecule has 0 aromatic carbocycles. The molecule has 1 atom stereocenters. The van der Waals surface area contributed by atoms with E-state index in [0.29, 0.717) is 17.8 Å². The fraction of sp³-hybridized carbons (Fsp3) is 0.429. The van der Waals surface area contributed by atoms with Gasteiger partial charge in [0.1, 0.15) is 18.4 Å². The van der Waals surface area contributed by atoms with Crippen molar-refractivity contribution in [2.75, 3.05) is 25.5 Å². The lowest BCUT2D eigenvalue weighted by Gasteiger charge is -2.33. The number of nitrogens with zero attached hydrogens (tertiary/aromatic N) is 3. The van der Waals surface area contributed by atoms with Gasteiger partial charge in [0.2, 0.25) is 11.8 Å². The number of piperazine rings is 1. The van der Waals surface area contributed by atoms with Gasteiger partial charge in [0.15, 0.2) is 0 Å². The number of anilines is 1. The normalized spacial score (nSPS) is 18.4. The largest absolute Gasteiger partial charge is 0.363 e. The minimum atomic E-state index is -0.619. The lowest BCUT2D eigenvalue weighted by molar-refractivity contribution is -0.138. The predicted octanol–water partition coefficient (Wildman–Crippen LogP) is 0.0248. The Hall–Kier alpha value is -2.44. The summed E-state index contributed by atoms with van der Waals surface area (Å²) >= 11 is 0. The molecule has 1 aromatic heterocycles. The second-order valence-corrected chi connectivity index (χ2v) is 5.07. The van der Waals surface area contributed by atoms with E-state index >= 15 is 0 Å². The maximum atomic E-state index is 12.6. The van der Waals surface area contributed by atoms with Crippen LogP contribution in [0, 0.1) is 0 Å². The zero-order chi connectivity index (χ0) is 15.6. The second-order valence-electron chi connectivity index (χ2n) is 5.07. The first-order chi connectivity index (χ1) is 9.93. The number of nitrogens with one attached hydrogen (secondary N) is 1. The molecule has 1 saturated heterocycles. The van der Waals surface area contributed by atoms with E-state index in [1.54, 1.807) is 24.0 Å². The van der Waals surface area contributed by atoms with Gasteiger partial charge in [-0.05, 0) is 18.6 Å². The van der Waals surface area contributed by atoms with Crippen molar-refractivity contribution in [3.63, 3.8) is 0 Å². The standard InChI is InChI=1S/C14H18N4O3/c1-4-10-13(20)16-12(19)8-18(10)14(21)9-5-6-15-11(7-9)17(2)3/h5-7,10H,4,8H2,1-3H3,(H,16,19,20). The van der Waals surface area contributed by atoms with Crippen LogP contribution in [0.3, 0.4) is 0 Å². The molecule has 7 nitrogen and oxygen atoms in total. The summed E-state index contributed by atoms with van der Waals surface area (Å²) in [6, 6.07) is 2.61. The minimum Gasteiger partial charge on any atom is -0.363 e. The van der Waals surface area contributed by atoms with Crippen molar-refractivity contribution >= 4 is 23.5 Å². The quantitative estimate of drug-likeness (QED) is 0.794. The van der Waals surface area contributed by atoms with E-state index in [1.807, 2.05) is 14.1 Å². The van der Waals surface area contributed by atoms with Crippen LogP contribution in [0.4, 0.5) is 5.82 Å². The molecule has 0 bridgehead atoms. The molecule has 1 N–H and O–H groups in total. The first kappa shape index (κ1) is 15.0. The van der Waals surface area contributed by atoms with E-state index in [1.165, 1.54) is 11.1 Å². The topological polar surface area (TPSA) is 82.6 Å². The third-order valence-corrected chi connectivity index (χ3v) is 3.35. The van der Waals surface area contributed by atoms with Crippen LogP contribution in [-0.2, 0) is 9.59 Å². The Labute approximate surface area is 122 Å². The van der Waals surface area contributed by atoms with Gasteiger partial charge in [-0.25, -0.2) is 4.98 Å². The summed E-state index contributed by atoms with van der Waals surface area (Å²) in [5.74, 6) is -0.582. The Morgan fingerprint density at radius 2 is 2.19 bits per heavy atom. The summed E-state index contributed by atoms with van der Waals surface area (Å²) in [5, 5.41) is 2.25. The third kappa shape index (κ3) is 3.01. The fourth-order valence-corrected chi connectivity index (χ4v) is 2.25. The number of imide groups is 1. The number of rotatable bonds is 3. The highest BCUT2D eigenvalue weighted by Crippen LogP contribution is 2.16. The SMILES string of the molecule is CCC1C(=O)NC(=O)CN1C(=O)c1ccnc(N(C)C)c1. The average Bonchev–Trinajstić information content (AvgIpc) is 2.45. The number of hydrogen-bond donors (Lipinski definition) is 1. The van der Waals surface area contributed by atoms with Crippen LogP contribution in [0.1, 0.15) is 23.7 Å². The van der Waals surface area contributed by atoms with E-state index in [2.05, 4.69) is 10.3 Å². The highest BCUT2D eigenvalue weighted by Gasteiger charge is 2.35. The molecule has 1 aliphatic rings. The van der Waals surface area contributed by atoms with E-state index in [0.717, 1.165) is 0 Å². The highest BCUT2D eigenvalue weighted by molar-refractivity contribution is 6.07. The molecular formula is C14H18N4O3. The summed E-state index contributed by atoms with van der Waals surface area (Å²) in [6.45, 7) is 1.70. The molecule has 1 aromatic rings. The Morgan fingerprint density at radius 3 is 2.81 bits per heavy atom. The van der Waals surface area contributed by atoms with Gasteiger partial charge in [0.25, 0.3) is 5.91 Å². The van der Waals surface area contributed by atoms with Crippen molar-refractivity contribution in [2.24, 2.45) is 0 Å². The van der Waals surface area contributed by atoms with Crippen LogP contribution in [0.2, 0.25) is 0 Å². The molecule has 0 aliphatic carbocycles. The van der Waals surface area contributed by atoms with Crippen LogP contribution in [0.15, 0.2) is 18.3 Å². The predicted molar refractivity (Wildman–Crippen MR) is 76.8 cm³/mol. The van der Waals surface area contributed by atoms with Crippen molar-refractivity contribution in [1.82, 2.24) is 15.2 Å². The molecule has 1 unspecified atom stereocenters. The van der Waals surface area contributed by atoms with Gasteiger partial charge in [0.05, 0.1) is 0 Å². The van der Waals surface area contributed by atoms with Crippen molar-refractivity contribution in [1.29, 1.82) is 0 Å². The molecule has 1 fully saturated rings. The Bertz CT molecular complexity index is 585. The van der Waals surface area contributed by atoms with Gasteiger partial charge in [-0.3, -0.25) is 19.7 Å². The summed E-state index contributed by atoms with van der Waals surface area (Å²) in [6.07, 6.45) is 1.99. The summed E-state index contributed by atoms with van der Waals surface area (Å²) in [4.78, 5) is 43.1. The average molecular weight is 290 g/mol. The molecule has 3 amide bonds. The molecule has 1 aliphatic heterocycles. The van der Waals surface area contributed by atoms with Gasteiger partial charge in [-0.15, -0.1) is 0 Å². The van der Waals surface area contributed by atoms with E-state index < -0.39 is 17.9 Å². The maximum absolute atomic E-state index is 12.6. The highest BCUT2D eigenvalue weighted by atomic mass is 16.2. The van der Waals surface area contributed by atoms with Crippen LogP contribution < -0.4 is 10.2 Å². The lowest BCUT2D eigenvalue weighted by atomic mass is 10.1. The van der Waals surface area contributed by atoms with E-state index in [-0.39, 0.29) is 12.5 Å². The van der Waals surface area contributed by atoms with E-state index in [9.17, 15) is 14.4 Å². The van der Waals surface area contributed by atoms with Crippen molar-refractivity contribution in [2.45, 2.75) is 19.4 Å². The molecule has 112 valence electrons. The molecule has 0 saturated carbocycles. The summed E-state index contributed by atoms with van der Waals surface area (Å²) in [7, 11) is 3.65. The zero-order valence-corrected chi connectivity index (χ0v) is 12.3. The first-order valence-electron chi connectivity index (χ1n) is 6.72. The monoisotopic (exact) mass is 290 g/mol. The Morgan fingerprint density at radius 1 is 1.48 bits per heavy atom. The second kappa shape index (κ2) is 5.90. The van der Waals surface area contributed by atoms with Gasteiger partial charge in [-0.1, -0.05) is 6.92 Å². The number of carbonyl (C=O) groups excluding carboxylic acids is 3. The zero-order valence-electron chi connectivity index (χ0n) is 12.3. The Kier molecular flexibility index (Phi) is 4.21. The fourth-order valence-electron chi connectivity index (χ4n) is 2.25. The molecular weight excluding hydrogens is 272 g/mol. The smallest absolute Gasteiger partial charge is 0.255 e. The van der Waals surface area contributed by atoms with Gasteiger partial charge in [0, 0.05) is 25.9 Å². The number of hydrogen-bond acceptors (Lipinski definition) is 5. The third-order valence-electron chi connectivity index (χ3n) is 3.35. The van der Waals surface area contributed by atoms with Crippen LogP contribution in [0.25, 0.3) is 0 Å². The number of carbonyl (C=O) groups is 3. The lowest BCUT2D eigenvalue weighted by Crippen LogP contribution is -2.59. The number of amides is 3. The number of pyridine rings is 1. The molecule has 2 heterocycles. The Balaban J connectivity index is 2.31. The summed E-state index contributed by atoms with van der Waals surface area (Å²) in [5.41, 5.74) is 0.412. The summed E-state index contributed by atoms with van der Waals surface area (Å²) < 4.78 is 0. The maximum Gasteiger partial charge on any atom is 0.255 e. The first-order valence-corrected chi connectivity index (χ1v) is 6.72. The van der Waals surface area contributed by atoms with E-state index in [4.69, 9.17) is 0 Å². The molecule has 0 spiro atoms. The van der Waals surface area contributed by atoms with Crippen LogP contribution in [0.5, 0.6) is 0 Å². The van der Waals surface area contributed by atoms with Crippen molar-refractivity contribution < 1.29 is 14.4 Å². The van der Waals surface area contributed by atoms with Crippen molar-refractivity contribution in [3.8, 4) is 0 Å². The molecule has 21 heavy (non-hydrogen) atoms.